The number of anilines is 1. The van der Waals surface area contributed by atoms with Crippen LogP contribution in [0.25, 0.3) is 5.69 Å². The van der Waals surface area contributed by atoms with Gasteiger partial charge in [-0.1, -0.05) is 42.5 Å². The quantitative estimate of drug-likeness (QED) is 0.776. The number of amides is 1. The monoisotopic (exact) mass is 361 g/mol. The van der Waals surface area contributed by atoms with Crippen molar-refractivity contribution in [2.45, 2.75) is 32.1 Å². The molecule has 0 fully saturated rings. The number of fused-ring (bicyclic) bond motifs is 1. The number of nitrogens with one attached hydrogen (secondary N) is 1. The van der Waals surface area contributed by atoms with E-state index in [-0.39, 0.29) is 17.4 Å². The van der Waals surface area contributed by atoms with Gasteiger partial charge in [-0.05, 0) is 49.4 Å². The predicted octanol–water partition coefficient (Wildman–Crippen LogP) is 3.54. The average Bonchev–Trinajstić information content (AvgIpc) is 2.91. The molecule has 1 N–H and O–H groups in total. The Labute approximate surface area is 158 Å². The van der Waals surface area contributed by atoms with E-state index in [9.17, 15) is 9.59 Å². The summed E-state index contributed by atoms with van der Waals surface area (Å²) in [5.74, 6) is -0.313. The lowest BCUT2D eigenvalue weighted by Crippen LogP contribution is -2.28. The third-order valence-corrected chi connectivity index (χ3v) is 5.49. The van der Waals surface area contributed by atoms with Crippen LogP contribution in [0, 0.1) is 6.92 Å². The standard InChI is InChI=1S/C22H23N3O2/c1-15-20(22(27)25(24(15)2)17-11-4-3-5-12-17)23-21(26)19-14-8-10-16-9-6-7-13-18(16)19/h3-7,9,11-13,19H,8,10,14H2,1-2H3,(H,23,26). The average molecular weight is 361 g/mol. The fourth-order valence-electron chi connectivity index (χ4n) is 3.95. The third-order valence-electron chi connectivity index (χ3n) is 5.49. The van der Waals surface area contributed by atoms with Crippen molar-refractivity contribution >= 4 is 11.6 Å². The molecule has 0 bridgehead atoms. The summed E-state index contributed by atoms with van der Waals surface area (Å²) in [5, 5.41) is 2.93. The Morgan fingerprint density at radius 2 is 1.78 bits per heavy atom. The number of nitrogens with zero attached hydrogens (tertiary/aromatic N) is 2. The van der Waals surface area contributed by atoms with Gasteiger partial charge in [0.1, 0.15) is 5.69 Å². The molecule has 1 aliphatic carbocycles. The number of hydrogen-bond acceptors (Lipinski definition) is 2. The van der Waals surface area contributed by atoms with Gasteiger partial charge in [0, 0.05) is 7.05 Å². The highest BCUT2D eigenvalue weighted by molar-refractivity contribution is 5.96. The molecule has 1 amide bonds. The molecule has 0 spiro atoms. The van der Waals surface area contributed by atoms with Crippen molar-refractivity contribution in [1.82, 2.24) is 9.36 Å². The zero-order valence-corrected chi connectivity index (χ0v) is 15.6. The number of benzene rings is 2. The zero-order valence-electron chi connectivity index (χ0n) is 15.6. The lowest BCUT2D eigenvalue weighted by Gasteiger charge is -2.24. The van der Waals surface area contributed by atoms with Gasteiger partial charge in [-0.3, -0.25) is 14.3 Å². The largest absolute Gasteiger partial charge is 0.319 e. The van der Waals surface area contributed by atoms with E-state index in [1.807, 2.05) is 62.5 Å². The Bertz CT molecular complexity index is 1050. The van der Waals surface area contributed by atoms with Crippen LogP contribution in [0.4, 0.5) is 5.69 Å². The topological polar surface area (TPSA) is 56.0 Å². The Morgan fingerprint density at radius 3 is 2.56 bits per heavy atom. The predicted molar refractivity (Wildman–Crippen MR) is 106 cm³/mol. The smallest absolute Gasteiger partial charge is 0.295 e. The molecule has 3 aromatic rings. The van der Waals surface area contributed by atoms with E-state index in [2.05, 4.69) is 11.4 Å². The van der Waals surface area contributed by atoms with Gasteiger partial charge in [-0.15, -0.1) is 0 Å². The second kappa shape index (κ2) is 6.91. The van der Waals surface area contributed by atoms with Crippen LogP contribution < -0.4 is 10.9 Å². The molecular formula is C22H23N3O2. The molecule has 1 heterocycles. The van der Waals surface area contributed by atoms with Crippen molar-refractivity contribution in [3.63, 3.8) is 0 Å². The number of carbonyl (C=O) groups is 1. The molecular weight excluding hydrogens is 338 g/mol. The summed E-state index contributed by atoms with van der Waals surface area (Å²) in [6.45, 7) is 1.85. The van der Waals surface area contributed by atoms with Crippen LogP contribution in [0.3, 0.4) is 0 Å². The molecule has 5 nitrogen and oxygen atoms in total. The summed E-state index contributed by atoms with van der Waals surface area (Å²) < 4.78 is 3.36. The van der Waals surface area contributed by atoms with Crippen molar-refractivity contribution in [3.8, 4) is 5.69 Å². The minimum atomic E-state index is -0.210. The Kier molecular flexibility index (Phi) is 4.44. The molecule has 0 radical (unpaired) electrons. The molecule has 4 rings (SSSR count). The van der Waals surface area contributed by atoms with Crippen molar-refractivity contribution in [2.75, 3.05) is 5.32 Å². The highest BCUT2D eigenvalue weighted by atomic mass is 16.2. The van der Waals surface area contributed by atoms with E-state index in [1.54, 1.807) is 9.36 Å². The molecule has 1 aromatic heterocycles. The second-order valence-corrected chi connectivity index (χ2v) is 7.07. The minimum absolute atomic E-state index is 0.104. The van der Waals surface area contributed by atoms with Gasteiger partial charge in [-0.2, -0.15) is 0 Å². The fourth-order valence-corrected chi connectivity index (χ4v) is 3.95. The zero-order chi connectivity index (χ0) is 19.0. The molecule has 1 unspecified atom stereocenters. The van der Waals surface area contributed by atoms with Crippen molar-refractivity contribution in [1.29, 1.82) is 0 Å². The van der Waals surface area contributed by atoms with Crippen LogP contribution >= 0.6 is 0 Å². The van der Waals surface area contributed by atoms with Gasteiger partial charge < -0.3 is 5.32 Å². The number of hydrogen-bond donors (Lipinski definition) is 1. The van der Waals surface area contributed by atoms with Gasteiger partial charge in [0.2, 0.25) is 5.91 Å². The molecule has 0 saturated carbocycles. The Hall–Kier alpha value is -3.08. The van der Waals surface area contributed by atoms with Gasteiger partial charge in [0.05, 0.1) is 17.3 Å². The Balaban J connectivity index is 1.68. The van der Waals surface area contributed by atoms with E-state index in [0.29, 0.717) is 5.69 Å². The summed E-state index contributed by atoms with van der Waals surface area (Å²) in [6.07, 6.45) is 2.80. The first-order chi connectivity index (χ1) is 13.1. The summed E-state index contributed by atoms with van der Waals surface area (Å²) >= 11 is 0. The van der Waals surface area contributed by atoms with E-state index < -0.39 is 0 Å². The van der Waals surface area contributed by atoms with Gasteiger partial charge in [0.15, 0.2) is 0 Å². The van der Waals surface area contributed by atoms with E-state index in [0.717, 1.165) is 36.2 Å². The van der Waals surface area contributed by atoms with Crippen LogP contribution in [-0.2, 0) is 18.3 Å². The van der Waals surface area contributed by atoms with Crippen molar-refractivity contribution < 1.29 is 4.79 Å². The fraction of sp³-hybridized carbons (Fsp3) is 0.273. The summed E-state index contributed by atoms with van der Waals surface area (Å²) in [6, 6.07) is 17.5. The highest BCUT2D eigenvalue weighted by Gasteiger charge is 2.28. The molecule has 138 valence electrons. The van der Waals surface area contributed by atoms with Crippen molar-refractivity contribution in [2.24, 2.45) is 7.05 Å². The first kappa shape index (κ1) is 17.3. The number of aryl methyl sites for hydroxylation is 1. The summed E-state index contributed by atoms with van der Waals surface area (Å²) in [7, 11) is 1.83. The minimum Gasteiger partial charge on any atom is -0.319 e. The molecule has 27 heavy (non-hydrogen) atoms. The number of para-hydroxylation sites is 1. The number of rotatable bonds is 3. The lowest BCUT2D eigenvalue weighted by molar-refractivity contribution is -0.117. The molecule has 5 heteroatoms. The maximum atomic E-state index is 13.0. The number of carbonyl (C=O) groups excluding carboxylic acids is 1. The van der Waals surface area contributed by atoms with Crippen molar-refractivity contribution in [3.05, 3.63) is 81.8 Å². The summed E-state index contributed by atoms with van der Waals surface area (Å²) in [5.41, 5.74) is 3.97. The summed E-state index contributed by atoms with van der Waals surface area (Å²) in [4.78, 5) is 26.0. The van der Waals surface area contributed by atoms with Gasteiger partial charge >= 0.3 is 0 Å². The van der Waals surface area contributed by atoms with Gasteiger partial charge in [0.25, 0.3) is 5.56 Å². The first-order valence-corrected chi connectivity index (χ1v) is 9.30. The van der Waals surface area contributed by atoms with Crippen LogP contribution in [0.15, 0.2) is 59.4 Å². The van der Waals surface area contributed by atoms with E-state index in [1.165, 1.54) is 5.56 Å². The normalized spacial score (nSPS) is 16.0. The molecule has 0 saturated heterocycles. The van der Waals surface area contributed by atoms with E-state index in [4.69, 9.17) is 0 Å². The SMILES string of the molecule is Cc1c(NC(=O)C2CCCc3ccccc32)c(=O)n(-c2ccccc2)n1C. The Morgan fingerprint density at radius 1 is 1.07 bits per heavy atom. The van der Waals surface area contributed by atoms with Crippen LogP contribution in [0.2, 0.25) is 0 Å². The van der Waals surface area contributed by atoms with E-state index >= 15 is 0 Å². The molecule has 2 aromatic carbocycles. The maximum Gasteiger partial charge on any atom is 0.295 e. The number of aromatic nitrogens is 2. The van der Waals surface area contributed by atoms with Crippen LogP contribution in [-0.4, -0.2) is 15.3 Å². The lowest BCUT2D eigenvalue weighted by atomic mass is 9.82. The van der Waals surface area contributed by atoms with Crippen LogP contribution in [0.1, 0.15) is 35.6 Å². The maximum absolute atomic E-state index is 13.0. The first-order valence-electron chi connectivity index (χ1n) is 9.30. The third kappa shape index (κ3) is 2.99. The molecule has 1 aliphatic rings. The molecule has 1 atom stereocenters. The van der Waals surface area contributed by atoms with Gasteiger partial charge in [-0.25, -0.2) is 4.68 Å². The second-order valence-electron chi connectivity index (χ2n) is 7.07. The molecule has 0 aliphatic heterocycles. The van der Waals surface area contributed by atoms with Crippen LogP contribution in [0.5, 0.6) is 0 Å². The highest BCUT2D eigenvalue weighted by Crippen LogP contribution is 2.32.